The summed E-state index contributed by atoms with van der Waals surface area (Å²) >= 11 is 0. The van der Waals surface area contributed by atoms with Crippen LogP contribution in [0.25, 0.3) is 0 Å². The fourth-order valence-electron chi connectivity index (χ4n) is 3.61. The summed E-state index contributed by atoms with van der Waals surface area (Å²) in [6.07, 6.45) is 0.812. The van der Waals surface area contributed by atoms with E-state index in [-0.39, 0.29) is 30.2 Å². The molecule has 2 aromatic rings. The number of urea groups is 1. The molecule has 1 heterocycles. The van der Waals surface area contributed by atoms with Crippen LogP contribution in [0.3, 0.4) is 0 Å². The largest absolute Gasteiger partial charge is 0.494 e. The molecule has 1 fully saturated rings. The zero-order valence-corrected chi connectivity index (χ0v) is 19.1. The molecular weight excluding hydrogens is 406 g/mol. The van der Waals surface area contributed by atoms with Gasteiger partial charge in [0.2, 0.25) is 5.91 Å². The quantitative estimate of drug-likeness (QED) is 0.581. The van der Waals surface area contributed by atoms with Gasteiger partial charge in [0.25, 0.3) is 5.91 Å². The Morgan fingerprint density at radius 2 is 1.72 bits per heavy atom. The minimum Gasteiger partial charge on any atom is -0.494 e. The Kier molecular flexibility index (Phi) is 7.51. The van der Waals surface area contributed by atoms with Gasteiger partial charge < -0.3 is 15.0 Å². The fraction of sp³-hybridized carbons (Fsp3) is 0.400. The van der Waals surface area contributed by atoms with Crippen LogP contribution in [0.1, 0.15) is 39.2 Å². The molecule has 0 unspecified atom stereocenters. The summed E-state index contributed by atoms with van der Waals surface area (Å²) in [6.45, 7) is 8.96. The lowest BCUT2D eigenvalue weighted by Crippen LogP contribution is -2.40. The number of amides is 4. The summed E-state index contributed by atoms with van der Waals surface area (Å²) in [7, 11) is 0. The highest BCUT2D eigenvalue weighted by Crippen LogP contribution is 2.28. The smallest absolute Gasteiger partial charge is 0.332 e. The van der Waals surface area contributed by atoms with Gasteiger partial charge >= 0.3 is 6.03 Å². The Labute approximate surface area is 189 Å². The van der Waals surface area contributed by atoms with Crippen LogP contribution in [0.5, 0.6) is 5.75 Å². The summed E-state index contributed by atoms with van der Waals surface area (Å²) < 4.78 is 5.55. The predicted octanol–water partition coefficient (Wildman–Crippen LogP) is 4.61. The third-order valence-electron chi connectivity index (χ3n) is 5.16. The maximum atomic E-state index is 13.2. The van der Waals surface area contributed by atoms with Crippen LogP contribution in [0.15, 0.2) is 48.5 Å². The fourth-order valence-corrected chi connectivity index (χ4v) is 3.61. The number of anilines is 2. The monoisotopic (exact) mass is 437 g/mol. The molecule has 3 rings (SSSR count). The van der Waals surface area contributed by atoms with Crippen LogP contribution in [-0.2, 0) is 9.59 Å². The first-order valence-electron chi connectivity index (χ1n) is 11.0. The van der Waals surface area contributed by atoms with Crippen molar-refractivity contribution in [2.24, 2.45) is 5.92 Å². The van der Waals surface area contributed by atoms with Gasteiger partial charge in [0.15, 0.2) is 0 Å². The van der Waals surface area contributed by atoms with E-state index in [9.17, 15) is 14.4 Å². The van der Waals surface area contributed by atoms with Crippen LogP contribution in [0, 0.1) is 12.8 Å². The van der Waals surface area contributed by atoms with Crippen molar-refractivity contribution in [2.75, 3.05) is 23.4 Å². The Balaban J connectivity index is 1.73. The van der Waals surface area contributed by atoms with Crippen molar-refractivity contribution in [3.05, 3.63) is 54.1 Å². The lowest BCUT2D eigenvalue weighted by atomic mass is 10.1. The second-order valence-corrected chi connectivity index (χ2v) is 8.48. The molecule has 1 aliphatic rings. The SMILES string of the molecule is CCCOc1ccc(NC(=O)C[C@@H]2C(=O)N(c3ccc(C)cc3)C(=O)N2CC(C)C)cc1. The van der Waals surface area contributed by atoms with Crippen molar-refractivity contribution >= 4 is 29.2 Å². The van der Waals surface area contributed by atoms with Gasteiger partial charge in [-0.25, -0.2) is 9.69 Å². The van der Waals surface area contributed by atoms with Crippen LogP contribution in [0.2, 0.25) is 0 Å². The van der Waals surface area contributed by atoms with Crippen LogP contribution in [0.4, 0.5) is 16.2 Å². The molecule has 1 saturated heterocycles. The van der Waals surface area contributed by atoms with Crippen molar-refractivity contribution in [3.8, 4) is 5.75 Å². The average Bonchev–Trinajstić information content (AvgIpc) is 2.97. The van der Waals surface area contributed by atoms with Gasteiger partial charge in [-0.2, -0.15) is 0 Å². The molecular formula is C25H31N3O4. The van der Waals surface area contributed by atoms with E-state index in [0.29, 0.717) is 24.5 Å². The normalized spacial score (nSPS) is 16.1. The zero-order valence-electron chi connectivity index (χ0n) is 19.1. The molecule has 0 saturated carbocycles. The molecule has 0 aromatic heterocycles. The second kappa shape index (κ2) is 10.3. The number of hydrogen-bond acceptors (Lipinski definition) is 4. The lowest BCUT2D eigenvalue weighted by molar-refractivity contribution is -0.124. The lowest BCUT2D eigenvalue weighted by Gasteiger charge is -2.23. The number of ether oxygens (including phenoxy) is 1. The minimum absolute atomic E-state index is 0.103. The molecule has 1 aliphatic heterocycles. The van der Waals surface area contributed by atoms with Crippen molar-refractivity contribution in [3.63, 3.8) is 0 Å². The number of rotatable bonds is 9. The second-order valence-electron chi connectivity index (χ2n) is 8.48. The third-order valence-corrected chi connectivity index (χ3v) is 5.16. The molecule has 0 bridgehead atoms. The topological polar surface area (TPSA) is 79.0 Å². The maximum absolute atomic E-state index is 13.2. The third kappa shape index (κ3) is 5.46. The Morgan fingerprint density at radius 3 is 2.31 bits per heavy atom. The van der Waals surface area contributed by atoms with Crippen LogP contribution >= 0.6 is 0 Å². The van der Waals surface area contributed by atoms with E-state index in [1.54, 1.807) is 36.4 Å². The van der Waals surface area contributed by atoms with E-state index in [1.165, 1.54) is 9.80 Å². The molecule has 0 radical (unpaired) electrons. The number of imide groups is 1. The number of nitrogens with zero attached hydrogens (tertiary/aromatic N) is 2. The maximum Gasteiger partial charge on any atom is 0.332 e. The number of nitrogens with one attached hydrogen (secondary N) is 1. The van der Waals surface area contributed by atoms with Gasteiger partial charge in [-0.15, -0.1) is 0 Å². The van der Waals surface area contributed by atoms with Crippen LogP contribution in [-0.4, -0.2) is 41.9 Å². The standard InChI is InChI=1S/C25H31N3O4/c1-5-14-32-21-12-8-19(9-13-21)26-23(29)15-22-24(30)28(20-10-6-18(4)7-11-20)25(31)27(22)16-17(2)3/h6-13,17,22H,5,14-16H2,1-4H3,(H,26,29)/t22-/m1/s1. The number of hydrogen-bond donors (Lipinski definition) is 1. The van der Waals surface area contributed by atoms with Gasteiger partial charge in [0.05, 0.1) is 18.7 Å². The molecule has 0 aliphatic carbocycles. The summed E-state index contributed by atoms with van der Waals surface area (Å²) in [5.74, 6) is 0.195. The summed E-state index contributed by atoms with van der Waals surface area (Å²) in [6, 6.07) is 13.1. The molecule has 4 amide bonds. The summed E-state index contributed by atoms with van der Waals surface area (Å²) in [4.78, 5) is 41.7. The van der Waals surface area contributed by atoms with Crippen molar-refractivity contribution in [1.29, 1.82) is 0 Å². The van der Waals surface area contributed by atoms with Gasteiger partial charge in [0, 0.05) is 12.2 Å². The predicted molar refractivity (Wildman–Crippen MR) is 125 cm³/mol. The van der Waals surface area contributed by atoms with E-state index in [4.69, 9.17) is 4.74 Å². The van der Waals surface area contributed by atoms with Gasteiger partial charge in [-0.05, 0) is 55.7 Å². The van der Waals surface area contributed by atoms with E-state index >= 15 is 0 Å². The Morgan fingerprint density at radius 1 is 1.06 bits per heavy atom. The van der Waals surface area contributed by atoms with Gasteiger partial charge in [-0.3, -0.25) is 9.59 Å². The van der Waals surface area contributed by atoms with E-state index < -0.39 is 6.04 Å². The number of carbonyl (C=O) groups excluding carboxylic acids is 3. The summed E-state index contributed by atoms with van der Waals surface area (Å²) in [5, 5.41) is 2.82. The molecule has 1 N–H and O–H groups in total. The van der Waals surface area contributed by atoms with Crippen molar-refractivity contribution in [2.45, 2.75) is 46.6 Å². The Bertz CT molecular complexity index is 954. The first-order chi connectivity index (χ1) is 15.3. The van der Waals surface area contributed by atoms with E-state index in [1.807, 2.05) is 39.8 Å². The molecule has 7 heteroatoms. The molecule has 2 aromatic carbocycles. The summed E-state index contributed by atoms with van der Waals surface area (Å²) in [5.41, 5.74) is 2.17. The first-order valence-corrected chi connectivity index (χ1v) is 11.0. The molecule has 170 valence electrons. The molecule has 32 heavy (non-hydrogen) atoms. The van der Waals surface area contributed by atoms with Gasteiger partial charge in [0.1, 0.15) is 11.8 Å². The zero-order chi connectivity index (χ0) is 23.3. The van der Waals surface area contributed by atoms with Crippen LogP contribution < -0.4 is 15.0 Å². The van der Waals surface area contributed by atoms with Gasteiger partial charge in [-0.1, -0.05) is 38.5 Å². The number of aryl methyl sites for hydroxylation is 1. The Hall–Kier alpha value is -3.35. The minimum atomic E-state index is -0.835. The van der Waals surface area contributed by atoms with E-state index in [0.717, 1.165) is 17.7 Å². The molecule has 1 atom stereocenters. The molecule has 7 nitrogen and oxygen atoms in total. The van der Waals surface area contributed by atoms with E-state index in [2.05, 4.69) is 5.32 Å². The first kappa shape index (κ1) is 23.3. The highest BCUT2D eigenvalue weighted by Gasteiger charge is 2.46. The molecule has 0 spiro atoms. The number of carbonyl (C=O) groups is 3. The highest BCUT2D eigenvalue weighted by molar-refractivity contribution is 6.22. The average molecular weight is 438 g/mol. The van der Waals surface area contributed by atoms with Crippen molar-refractivity contribution in [1.82, 2.24) is 4.90 Å². The highest BCUT2D eigenvalue weighted by atomic mass is 16.5. The van der Waals surface area contributed by atoms with Crippen molar-refractivity contribution < 1.29 is 19.1 Å². The number of benzene rings is 2.